The Balaban J connectivity index is 1.57. The monoisotopic (exact) mass is 464 g/mol. The molecule has 2 aromatic heterocycles. The van der Waals surface area contributed by atoms with Crippen LogP contribution < -0.4 is 14.4 Å². The van der Waals surface area contributed by atoms with E-state index < -0.39 is 0 Å². The molecule has 0 N–H and O–H groups in total. The summed E-state index contributed by atoms with van der Waals surface area (Å²) in [6.45, 7) is 0.602. The summed E-state index contributed by atoms with van der Waals surface area (Å²) in [6, 6.07) is 19.8. The van der Waals surface area contributed by atoms with Gasteiger partial charge >= 0.3 is 0 Å². The first kappa shape index (κ1) is 22.0. The number of anilines is 1. The number of hydrogen-bond donors (Lipinski definition) is 0. The zero-order chi connectivity index (χ0) is 22.3. The highest BCUT2D eigenvalue weighted by atomic mass is 32.1. The zero-order valence-electron chi connectivity index (χ0n) is 18.0. The minimum atomic E-state index is -0.0127. The van der Waals surface area contributed by atoms with Crippen LogP contribution in [0.1, 0.15) is 21.7 Å². The highest BCUT2D eigenvalue weighted by Crippen LogP contribution is 2.34. The van der Waals surface area contributed by atoms with Gasteiger partial charge in [-0.05, 0) is 48.1 Å². The van der Waals surface area contributed by atoms with Gasteiger partial charge in [0.25, 0.3) is 5.91 Å². The molecule has 0 aliphatic rings. The third kappa shape index (κ3) is 5.00. The molecule has 32 heavy (non-hydrogen) atoms. The summed E-state index contributed by atoms with van der Waals surface area (Å²) in [5, 5.41) is 4.59. The number of benzene rings is 2. The first-order valence-electron chi connectivity index (χ1n) is 10.3. The van der Waals surface area contributed by atoms with E-state index in [1.807, 2.05) is 59.3 Å². The van der Waals surface area contributed by atoms with Crippen LogP contribution >= 0.6 is 22.7 Å². The summed E-state index contributed by atoms with van der Waals surface area (Å²) in [7, 11) is 3.23. The number of ether oxygens (including phenoxy) is 2. The van der Waals surface area contributed by atoms with Crippen molar-refractivity contribution in [3.8, 4) is 22.8 Å². The maximum Gasteiger partial charge on any atom is 0.270 e. The van der Waals surface area contributed by atoms with Gasteiger partial charge in [0, 0.05) is 17.5 Å². The van der Waals surface area contributed by atoms with Crippen LogP contribution in [0.2, 0.25) is 0 Å². The molecular formula is C25H24N2O3S2. The SMILES string of the molecule is COc1ccc(-c2csc(N(CCCc3ccccc3)C(=O)c3cccs3)n2)cc1OC. The molecule has 4 aromatic rings. The lowest BCUT2D eigenvalue weighted by Crippen LogP contribution is -2.31. The van der Waals surface area contributed by atoms with E-state index in [1.165, 1.54) is 28.2 Å². The van der Waals surface area contributed by atoms with Gasteiger partial charge in [0.05, 0.1) is 24.8 Å². The molecule has 0 saturated heterocycles. The number of amides is 1. The fraction of sp³-hybridized carbons (Fsp3) is 0.200. The van der Waals surface area contributed by atoms with Crippen LogP contribution in [0.15, 0.2) is 71.4 Å². The van der Waals surface area contributed by atoms with E-state index in [0.717, 1.165) is 24.1 Å². The van der Waals surface area contributed by atoms with Crippen molar-refractivity contribution in [3.05, 3.63) is 81.9 Å². The standard InChI is InChI=1S/C25H24N2O3S2/c1-29-21-13-12-19(16-22(21)30-2)20-17-32-25(26-20)27(24(28)23-11-7-15-31-23)14-6-10-18-8-4-3-5-9-18/h3-5,7-9,11-13,15-17H,6,10,14H2,1-2H3. The van der Waals surface area contributed by atoms with Crippen LogP contribution in [0.3, 0.4) is 0 Å². The Labute approximate surface area is 195 Å². The van der Waals surface area contributed by atoms with E-state index in [4.69, 9.17) is 14.5 Å². The van der Waals surface area contributed by atoms with Gasteiger partial charge in [-0.3, -0.25) is 9.69 Å². The Morgan fingerprint density at radius 2 is 1.78 bits per heavy atom. The van der Waals surface area contributed by atoms with Crippen molar-refractivity contribution >= 4 is 33.7 Å². The van der Waals surface area contributed by atoms with Gasteiger partial charge in [0.2, 0.25) is 0 Å². The second-order valence-electron chi connectivity index (χ2n) is 7.11. The van der Waals surface area contributed by atoms with Crippen molar-refractivity contribution in [1.82, 2.24) is 4.98 Å². The number of carbonyl (C=O) groups excluding carboxylic acids is 1. The van der Waals surface area contributed by atoms with Gasteiger partial charge in [0.15, 0.2) is 16.6 Å². The van der Waals surface area contributed by atoms with Crippen molar-refractivity contribution in [1.29, 1.82) is 0 Å². The molecule has 0 spiro atoms. The van der Waals surface area contributed by atoms with Crippen molar-refractivity contribution < 1.29 is 14.3 Å². The van der Waals surface area contributed by atoms with Crippen LogP contribution in [0.5, 0.6) is 11.5 Å². The van der Waals surface area contributed by atoms with E-state index in [1.54, 1.807) is 19.1 Å². The Hall–Kier alpha value is -3.16. The first-order chi connectivity index (χ1) is 15.7. The second-order valence-corrected chi connectivity index (χ2v) is 8.89. The summed E-state index contributed by atoms with van der Waals surface area (Å²) < 4.78 is 10.8. The molecule has 0 fully saturated rings. The average Bonchev–Trinajstić information content (AvgIpc) is 3.54. The van der Waals surface area contributed by atoms with Crippen molar-refractivity contribution in [2.75, 3.05) is 25.7 Å². The fourth-order valence-corrected chi connectivity index (χ4v) is 4.95. The number of thiazole rings is 1. The molecule has 0 saturated carbocycles. The average molecular weight is 465 g/mol. The molecule has 0 aliphatic heterocycles. The van der Waals surface area contributed by atoms with E-state index in [9.17, 15) is 4.79 Å². The van der Waals surface area contributed by atoms with Gasteiger partial charge in [-0.1, -0.05) is 36.4 Å². The number of carbonyl (C=O) groups is 1. The van der Waals surface area contributed by atoms with Crippen LogP contribution in [-0.2, 0) is 6.42 Å². The van der Waals surface area contributed by atoms with Crippen molar-refractivity contribution in [3.63, 3.8) is 0 Å². The molecule has 7 heteroatoms. The first-order valence-corrected chi connectivity index (χ1v) is 12.0. The summed E-state index contributed by atoms with van der Waals surface area (Å²) in [6.07, 6.45) is 1.76. The quantitative estimate of drug-likeness (QED) is 0.297. The molecule has 2 heterocycles. The number of aryl methyl sites for hydroxylation is 1. The number of hydrogen-bond acceptors (Lipinski definition) is 6. The lowest BCUT2D eigenvalue weighted by atomic mass is 10.1. The molecule has 164 valence electrons. The number of methoxy groups -OCH3 is 2. The van der Waals surface area contributed by atoms with Gasteiger partial charge in [0.1, 0.15) is 0 Å². The Morgan fingerprint density at radius 1 is 0.969 bits per heavy atom. The highest BCUT2D eigenvalue weighted by molar-refractivity contribution is 7.14. The summed E-state index contributed by atoms with van der Waals surface area (Å²) in [5.74, 6) is 1.30. The molecule has 0 atom stereocenters. The van der Waals surface area contributed by atoms with Crippen LogP contribution in [0.25, 0.3) is 11.3 Å². The molecule has 4 rings (SSSR count). The van der Waals surface area contributed by atoms with Gasteiger partial charge in [-0.15, -0.1) is 22.7 Å². The number of nitrogens with zero attached hydrogens (tertiary/aromatic N) is 2. The molecule has 2 aromatic carbocycles. The van der Waals surface area contributed by atoms with Gasteiger partial charge < -0.3 is 9.47 Å². The van der Waals surface area contributed by atoms with Crippen LogP contribution in [0.4, 0.5) is 5.13 Å². The lowest BCUT2D eigenvalue weighted by Gasteiger charge is -2.19. The smallest absolute Gasteiger partial charge is 0.270 e. The minimum absolute atomic E-state index is 0.0127. The summed E-state index contributed by atoms with van der Waals surface area (Å²) in [4.78, 5) is 20.6. The van der Waals surface area contributed by atoms with E-state index >= 15 is 0 Å². The fourth-order valence-electron chi connectivity index (χ4n) is 3.42. The maximum atomic E-state index is 13.2. The lowest BCUT2D eigenvalue weighted by molar-refractivity contribution is 0.0990. The number of rotatable bonds is 9. The summed E-state index contributed by atoms with van der Waals surface area (Å²) in [5.41, 5.74) is 2.98. The van der Waals surface area contributed by atoms with Gasteiger partial charge in [-0.2, -0.15) is 0 Å². The normalized spacial score (nSPS) is 10.7. The largest absolute Gasteiger partial charge is 0.493 e. The molecule has 5 nitrogen and oxygen atoms in total. The zero-order valence-corrected chi connectivity index (χ0v) is 19.6. The number of aromatic nitrogens is 1. The molecule has 0 aliphatic carbocycles. The Bertz CT molecular complexity index is 1160. The molecule has 0 bridgehead atoms. The van der Waals surface area contributed by atoms with E-state index in [0.29, 0.717) is 28.1 Å². The third-order valence-corrected chi connectivity index (χ3v) is 6.79. The topological polar surface area (TPSA) is 51.7 Å². The van der Waals surface area contributed by atoms with E-state index in [2.05, 4.69) is 12.1 Å². The minimum Gasteiger partial charge on any atom is -0.493 e. The molecule has 1 amide bonds. The predicted octanol–water partition coefficient (Wildman–Crippen LogP) is 6.17. The van der Waals surface area contributed by atoms with Crippen LogP contribution in [0, 0.1) is 0 Å². The maximum absolute atomic E-state index is 13.2. The van der Waals surface area contributed by atoms with E-state index in [-0.39, 0.29) is 5.91 Å². The molecule has 0 unspecified atom stereocenters. The Morgan fingerprint density at radius 3 is 2.50 bits per heavy atom. The second kappa shape index (κ2) is 10.4. The third-order valence-electron chi connectivity index (χ3n) is 5.07. The Kier molecular flexibility index (Phi) is 7.19. The van der Waals surface area contributed by atoms with Crippen LogP contribution in [-0.4, -0.2) is 31.7 Å². The number of thiophene rings is 1. The van der Waals surface area contributed by atoms with Gasteiger partial charge in [-0.25, -0.2) is 4.98 Å². The van der Waals surface area contributed by atoms with Crippen molar-refractivity contribution in [2.24, 2.45) is 0 Å². The van der Waals surface area contributed by atoms with Crippen molar-refractivity contribution in [2.45, 2.75) is 12.8 Å². The summed E-state index contributed by atoms with van der Waals surface area (Å²) >= 11 is 2.93. The molecule has 0 radical (unpaired) electrons. The highest BCUT2D eigenvalue weighted by Gasteiger charge is 2.22. The predicted molar refractivity (Wildman–Crippen MR) is 131 cm³/mol. The molecular weight excluding hydrogens is 440 g/mol.